The Labute approximate surface area is 149 Å². The zero-order valence-electron chi connectivity index (χ0n) is 15.5. The van der Waals surface area contributed by atoms with E-state index in [0.29, 0.717) is 41.8 Å². The van der Waals surface area contributed by atoms with E-state index in [2.05, 4.69) is 13.8 Å². The number of fused-ring (bicyclic) bond motifs is 12. The van der Waals surface area contributed by atoms with Crippen LogP contribution in [0.3, 0.4) is 0 Å². The zero-order valence-corrected chi connectivity index (χ0v) is 15.5. The van der Waals surface area contributed by atoms with Crippen molar-refractivity contribution in [3.8, 4) is 0 Å². The van der Waals surface area contributed by atoms with Crippen LogP contribution in [0.25, 0.3) is 0 Å². The maximum atomic E-state index is 12.2. The highest BCUT2D eigenvalue weighted by Gasteiger charge is 2.84. The minimum atomic E-state index is -0.697. The summed E-state index contributed by atoms with van der Waals surface area (Å²) in [5, 5.41) is 11.7. The van der Waals surface area contributed by atoms with E-state index in [4.69, 9.17) is 4.74 Å². The summed E-state index contributed by atoms with van der Waals surface area (Å²) < 4.78 is 6.18. The van der Waals surface area contributed by atoms with E-state index >= 15 is 0 Å². The van der Waals surface area contributed by atoms with Gasteiger partial charge in [0.25, 0.3) is 0 Å². The predicted octanol–water partition coefficient (Wildman–Crippen LogP) is 3.19. The molecule has 7 fully saturated rings. The molecule has 0 aromatic heterocycles. The number of epoxide rings is 1. The van der Waals surface area contributed by atoms with Crippen LogP contribution in [-0.2, 0) is 9.53 Å². The quantitative estimate of drug-likeness (QED) is 0.688. The molecule has 1 heterocycles. The summed E-state index contributed by atoms with van der Waals surface area (Å²) in [6.07, 6.45) is 7.17. The summed E-state index contributed by atoms with van der Waals surface area (Å²) in [4.78, 5) is 12.2. The van der Waals surface area contributed by atoms with Gasteiger partial charge in [0.1, 0.15) is 11.4 Å². The topological polar surface area (TPSA) is 49.8 Å². The average Bonchev–Trinajstić information content (AvgIpc) is 3.42. The SMILES string of the molecule is CC12CCC(=O)CC1(O)[C@@H]1C[C@@H]1C1C2CCC2(C)C1C1C[C@@H]1[C@@]21CO1. The van der Waals surface area contributed by atoms with E-state index in [9.17, 15) is 9.90 Å². The molecule has 1 saturated heterocycles. The first kappa shape index (κ1) is 14.6. The van der Waals surface area contributed by atoms with Crippen molar-refractivity contribution in [2.45, 2.75) is 70.0 Å². The number of carbonyl (C=O) groups is 1. The first-order chi connectivity index (χ1) is 11.9. The van der Waals surface area contributed by atoms with Crippen LogP contribution in [0.4, 0.5) is 0 Å². The van der Waals surface area contributed by atoms with Crippen LogP contribution in [0.2, 0.25) is 0 Å². The van der Waals surface area contributed by atoms with Crippen LogP contribution in [0.15, 0.2) is 0 Å². The minimum Gasteiger partial charge on any atom is -0.389 e. The van der Waals surface area contributed by atoms with Crippen LogP contribution in [0.1, 0.15) is 58.8 Å². The fourth-order valence-corrected chi connectivity index (χ4v) is 9.70. The molecule has 0 aromatic carbocycles. The second-order valence-electron chi connectivity index (χ2n) is 11.4. The molecule has 7 aliphatic rings. The Kier molecular flexibility index (Phi) is 2.20. The summed E-state index contributed by atoms with van der Waals surface area (Å²) in [5.41, 5.74) is -0.0909. The van der Waals surface area contributed by atoms with E-state index in [1.807, 2.05) is 0 Å². The molecule has 7 rings (SSSR count). The van der Waals surface area contributed by atoms with Crippen LogP contribution >= 0.6 is 0 Å². The van der Waals surface area contributed by atoms with Gasteiger partial charge < -0.3 is 9.84 Å². The second kappa shape index (κ2) is 3.76. The molecule has 6 saturated carbocycles. The first-order valence-corrected chi connectivity index (χ1v) is 10.7. The van der Waals surface area contributed by atoms with Crippen LogP contribution in [0.5, 0.6) is 0 Å². The van der Waals surface area contributed by atoms with Gasteiger partial charge in [0.15, 0.2) is 0 Å². The fraction of sp³-hybridized carbons (Fsp3) is 0.955. The summed E-state index contributed by atoms with van der Waals surface area (Å²) >= 11 is 0. The first-order valence-electron chi connectivity index (χ1n) is 10.7. The summed E-state index contributed by atoms with van der Waals surface area (Å²) in [7, 11) is 0. The van der Waals surface area contributed by atoms with E-state index < -0.39 is 5.60 Å². The van der Waals surface area contributed by atoms with Crippen LogP contribution in [0, 0.1) is 52.3 Å². The Morgan fingerprint density at radius 2 is 1.80 bits per heavy atom. The van der Waals surface area contributed by atoms with Crippen LogP contribution in [-0.4, -0.2) is 28.7 Å². The number of hydrogen-bond donors (Lipinski definition) is 1. The van der Waals surface area contributed by atoms with Crippen molar-refractivity contribution in [1.29, 1.82) is 0 Å². The largest absolute Gasteiger partial charge is 0.389 e. The zero-order chi connectivity index (χ0) is 17.0. The van der Waals surface area contributed by atoms with Gasteiger partial charge in [0.05, 0.1) is 12.2 Å². The molecule has 0 aromatic rings. The molecule has 136 valence electrons. The Balaban J connectivity index is 1.35. The Morgan fingerprint density at radius 3 is 2.56 bits per heavy atom. The molecule has 1 N–H and O–H groups in total. The third-order valence-corrected chi connectivity index (χ3v) is 11.1. The number of ether oxygens (including phenoxy) is 1. The molecule has 1 aliphatic heterocycles. The van der Waals surface area contributed by atoms with E-state index in [-0.39, 0.29) is 11.0 Å². The van der Waals surface area contributed by atoms with Gasteiger partial charge >= 0.3 is 0 Å². The lowest BCUT2D eigenvalue weighted by molar-refractivity contribution is -0.212. The molecule has 3 heteroatoms. The smallest absolute Gasteiger partial charge is 0.135 e. The number of ketones is 1. The highest BCUT2D eigenvalue weighted by molar-refractivity contribution is 5.81. The fourth-order valence-electron chi connectivity index (χ4n) is 9.70. The minimum absolute atomic E-state index is 0.0326. The Hall–Kier alpha value is -0.410. The standard InChI is InChI=1S/C22H30O3/c1-19-5-3-11(23)9-21(19,24)15-7-12(15)17-14(19)4-6-20(2)18(17)13-8-16(13)22(20)10-25-22/h12-18,24H,3-10H2,1-2H3/t12-,13?,14?,15+,16-,17?,18?,19?,20?,21?,22-/m0/s1. The van der Waals surface area contributed by atoms with Gasteiger partial charge in [-0.3, -0.25) is 4.79 Å². The molecule has 0 radical (unpaired) electrons. The molecule has 0 amide bonds. The normalized spacial score (nSPS) is 71.5. The molecule has 25 heavy (non-hydrogen) atoms. The highest BCUT2D eigenvalue weighted by atomic mass is 16.6. The number of Topliss-reactive ketones (excluding diaryl/α,β-unsaturated/α-hetero) is 1. The monoisotopic (exact) mass is 342 g/mol. The van der Waals surface area contributed by atoms with Gasteiger partial charge in [-0.15, -0.1) is 0 Å². The van der Waals surface area contributed by atoms with Crippen molar-refractivity contribution in [2.24, 2.45) is 52.3 Å². The molecule has 6 aliphatic carbocycles. The molecular weight excluding hydrogens is 312 g/mol. The van der Waals surface area contributed by atoms with Crippen molar-refractivity contribution in [2.75, 3.05) is 6.61 Å². The third-order valence-electron chi connectivity index (χ3n) is 11.1. The molecule has 3 nitrogen and oxygen atoms in total. The third kappa shape index (κ3) is 1.31. The van der Waals surface area contributed by atoms with E-state index in [1.165, 1.54) is 25.7 Å². The summed E-state index contributed by atoms with van der Waals surface area (Å²) in [6, 6.07) is 0. The lowest BCUT2D eigenvalue weighted by atomic mass is 9.42. The average molecular weight is 342 g/mol. The van der Waals surface area contributed by atoms with Gasteiger partial charge in [-0.05, 0) is 73.5 Å². The molecule has 7 unspecified atom stereocenters. The maximum absolute atomic E-state index is 12.2. The van der Waals surface area contributed by atoms with Crippen molar-refractivity contribution >= 4 is 5.78 Å². The van der Waals surface area contributed by atoms with Gasteiger partial charge in [-0.2, -0.15) is 0 Å². The van der Waals surface area contributed by atoms with Crippen molar-refractivity contribution in [3.05, 3.63) is 0 Å². The van der Waals surface area contributed by atoms with E-state index in [0.717, 1.165) is 36.7 Å². The number of carbonyl (C=O) groups excluding carboxylic acids is 1. The summed E-state index contributed by atoms with van der Waals surface area (Å²) in [5.74, 6) is 5.39. The van der Waals surface area contributed by atoms with Crippen molar-refractivity contribution in [3.63, 3.8) is 0 Å². The maximum Gasteiger partial charge on any atom is 0.135 e. The van der Waals surface area contributed by atoms with Crippen molar-refractivity contribution < 1.29 is 14.6 Å². The van der Waals surface area contributed by atoms with Gasteiger partial charge in [0.2, 0.25) is 0 Å². The van der Waals surface area contributed by atoms with Gasteiger partial charge in [0, 0.05) is 23.7 Å². The molecule has 0 bridgehead atoms. The predicted molar refractivity (Wildman–Crippen MR) is 91.6 cm³/mol. The van der Waals surface area contributed by atoms with Gasteiger partial charge in [-0.25, -0.2) is 0 Å². The highest BCUT2D eigenvalue weighted by Crippen LogP contribution is 2.83. The lowest BCUT2D eigenvalue weighted by Gasteiger charge is -2.63. The van der Waals surface area contributed by atoms with Crippen molar-refractivity contribution in [1.82, 2.24) is 0 Å². The molecule has 1 spiro atoms. The van der Waals surface area contributed by atoms with E-state index in [1.54, 1.807) is 0 Å². The van der Waals surface area contributed by atoms with Gasteiger partial charge in [-0.1, -0.05) is 13.8 Å². The Morgan fingerprint density at radius 1 is 1.04 bits per heavy atom. The number of aliphatic hydroxyl groups is 1. The Bertz CT molecular complexity index is 712. The van der Waals surface area contributed by atoms with Crippen LogP contribution < -0.4 is 0 Å². The molecule has 11 atom stereocenters. The lowest BCUT2D eigenvalue weighted by Crippen LogP contribution is -2.64. The molecular formula is C22H30O3. The number of rotatable bonds is 0. The number of hydrogen-bond acceptors (Lipinski definition) is 3. The second-order valence-corrected chi connectivity index (χ2v) is 11.4. The summed E-state index contributed by atoms with van der Waals surface area (Å²) in [6.45, 7) is 5.93.